The van der Waals surface area contributed by atoms with E-state index in [0.717, 1.165) is 74.6 Å². The van der Waals surface area contributed by atoms with Gasteiger partial charge in [0.05, 0.1) is 17.9 Å². The topological polar surface area (TPSA) is 65.1 Å². The molecule has 0 atom stereocenters. The molecule has 0 spiro atoms. The average Bonchev–Trinajstić information content (AvgIpc) is 3.75. The first kappa shape index (κ1) is 23.5. The Bertz CT molecular complexity index is 1040. The van der Waals surface area contributed by atoms with E-state index in [4.69, 9.17) is 4.74 Å². The van der Waals surface area contributed by atoms with Gasteiger partial charge < -0.3 is 24.8 Å². The number of nitrogens with zero attached hydrogens (tertiary/aromatic N) is 3. The van der Waals surface area contributed by atoms with Crippen LogP contribution in [0.3, 0.4) is 0 Å². The van der Waals surface area contributed by atoms with Gasteiger partial charge in [-0.2, -0.15) is 0 Å². The molecule has 0 unspecified atom stereocenters. The smallest absolute Gasteiger partial charge is 0.256 e. The van der Waals surface area contributed by atoms with Crippen LogP contribution in [0.4, 0.5) is 11.4 Å². The third kappa shape index (κ3) is 5.39. The number of hydrogen-bond donors (Lipinski definition) is 1. The van der Waals surface area contributed by atoms with Crippen LogP contribution in [-0.4, -0.2) is 68.6 Å². The van der Waals surface area contributed by atoms with E-state index in [2.05, 4.69) is 27.2 Å². The first-order valence-corrected chi connectivity index (χ1v) is 13.0. The number of amides is 2. The zero-order valence-electron chi connectivity index (χ0n) is 20.6. The van der Waals surface area contributed by atoms with E-state index >= 15 is 0 Å². The Morgan fingerprint density at radius 3 is 2.14 bits per heavy atom. The number of anilines is 2. The van der Waals surface area contributed by atoms with E-state index in [0.29, 0.717) is 19.7 Å². The minimum absolute atomic E-state index is 0.0995. The summed E-state index contributed by atoms with van der Waals surface area (Å²) in [5, 5.41) is 3.22. The molecule has 2 aromatic rings. The Kier molecular flexibility index (Phi) is 7.11. The van der Waals surface area contributed by atoms with Crippen molar-refractivity contribution in [2.45, 2.75) is 38.6 Å². The fourth-order valence-corrected chi connectivity index (χ4v) is 5.18. The molecule has 2 heterocycles. The van der Waals surface area contributed by atoms with Gasteiger partial charge in [0.15, 0.2) is 0 Å². The molecule has 35 heavy (non-hydrogen) atoms. The van der Waals surface area contributed by atoms with Crippen LogP contribution in [-0.2, 0) is 4.79 Å². The van der Waals surface area contributed by atoms with Crippen LogP contribution >= 0.6 is 0 Å². The van der Waals surface area contributed by atoms with E-state index in [1.54, 1.807) is 0 Å². The number of benzene rings is 2. The normalized spacial score (nSPS) is 18.9. The highest BCUT2D eigenvalue weighted by Crippen LogP contribution is 2.31. The van der Waals surface area contributed by atoms with Crippen LogP contribution in [0.2, 0.25) is 0 Å². The molecule has 7 nitrogen and oxygen atoms in total. The van der Waals surface area contributed by atoms with Crippen LogP contribution in [0, 0.1) is 5.92 Å². The largest absolute Gasteiger partial charge is 0.492 e. The molecule has 2 aromatic carbocycles. The molecule has 3 fully saturated rings. The van der Waals surface area contributed by atoms with Crippen molar-refractivity contribution in [3.8, 4) is 5.75 Å². The summed E-state index contributed by atoms with van der Waals surface area (Å²) < 4.78 is 5.81. The first-order chi connectivity index (χ1) is 17.1. The molecule has 1 aliphatic carbocycles. The van der Waals surface area contributed by atoms with E-state index in [-0.39, 0.29) is 23.8 Å². The van der Waals surface area contributed by atoms with Crippen LogP contribution in [0.25, 0.3) is 0 Å². The van der Waals surface area contributed by atoms with Gasteiger partial charge in [-0.1, -0.05) is 24.3 Å². The Morgan fingerprint density at radius 1 is 0.829 bits per heavy atom. The second-order valence-corrected chi connectivity index (χ2v) is 9.74. The molecule has 2 saturated heterocycles. The summed E-state index contributed by atoms with van der Waals surface area (Å²) in [7, 11) is 0. The number of nitrogens with one attached hydrogen (secondary N) is 1. The van der Waals surface area contributed by atoms with E-state index < -0.39 is 0 Å². The average molecular weight is 477 g/mol. The minimum atomic E-state index is 0.0995. The summed E-state index contributed by atoms with van der Waals surface area (Å²) in [4.78, 5) is 32.3. The van der Waals surface area contributed by atoms with E-state index in [1.807, 2.05) is 48.2 Å². The van der Waals surface area contributed by atoms with Crippen LogP contribution in [0.1, 0.15) is 43.0 Å². The van der Waals surface area contributed by atoms with Crippen LogP contribution in [0.5, 0.6) is 5.75 Å². The molecule has 1 saturated carbocycles. The maximum Gasteiger partial charge on any atom is 0.256 e. The highest BCUT2D eigenvalue weighted by Gasteiger charge is 2.32. The number of piperazine rings is 1. The molecule has 3 aliphatic rings. The lowest BCUT2D eigenvalue weighted by Crippen LogP contribution is -2.49. The Labute approximate surface area is 208 Å². The number of piperidine rings is 1. The molecule has 1 N–H and O–H groups in total. The monoisotopic (exact) mass is 476 g/mol. The third-order valence-electron chi connectivity index (χ3n) is 7.34. The van der Waals surface area contributed by atoms with Gasteiger partial charge in [0.2, 0.25) is 5.91 Å². The number of ether oxygens (including phenoxy) is 1. The van der Waals surface area contributed by atoms with Gasteiger partial charge in [-0.05, 0) is 56.9 Å². The summed E-state index contributed by atoms with van der Waals surface area (Å²) >= 11 is 0. The van der Waals surface area contributed by atoms with Crippen LogP contribution < -0.4 is 19.9 Å². The first-order valence-electron chi connectivity index (χ1n) is 13.0. The fourth-order valence-electron chi connectivity index (χ4n) is 5.18. The van der Waals surface area contributed by atoms with E-state index in [9.17, 15) is 9.59 Å². The molecular formula is C28H36N4O3. The SMILES string of the molecule is CCOc1ccccc1N1CCN(C(=O)c2ccccc2N2CCC(NC(=O)C3CC3)CC2)CC1. The molecule has 0 bridgehead atoms. The fraction of sp³-hybridized carbons (Fsp3) is 0.500. The summed E-state index contributed by atoms with van der Waals surface area (Å²) in [5.41, 5.74) is 2.88. The maximum atomic E-state index is 13.6. The Morgan fingerprint density at radius 2 is 1.46 bits per heavy atom. The zero-order chi connectivity index (χ0) is 24.2. The number of hydrogen-bond acceptors (Lipinski definition) is 5. The van der Waals surface area contributed by atoms with Crippen LogP contribution in [0.15, 0.2) is 48.5 Å². The van der Waals surface area contributed by atoms with Crippen molar-refractivity contribution < 1.29 is 14.3 Å². The predicted molar refractivity (Wildman–Crippen MR) is 138 cm³/mol. The van der Waals surface area contributed by atoms with Gasteiger partial charge in [0.1, 0.15) is 5.75 Å². The zero-order valence-corrected chi connectivity index (χ0v) is 20.6. The summed E-state index contributed by atoms with van der Waals surface area (Å²) in [5.74, 6) is 1.47. The molecular weight excluding hydrogens is 440 g/mol. The van der Waals surface area contributed by atoms with Crippen molar-refractivity contribution in [2.75, 3.05) is 55.7 Å². The second-order valence-electron chi connectivity index (χ2n) is 9.74. The van der Waals surface area contributed by atoms with Crippen molar-refractivity contribution in [2.24, 2.45) is 5.92 Å². The molecule has 2 aliphatic heterocycles. The van der Waals surface area contributed by atoms with Gasteiger partial charge in [-0.25, -0.2) is 0 Å². The third-order valence-corrected chi connectivity index (χ3v) is 7.34. The molecule has 2 amide bonds. The minimum Gasteiger partial charge on any atom is -0.492 e. The quantitative estimate of drug-likeness (QED) is 0.662. The number of carbonyl (C=O) groups excluding carboxylic acids is 2. The van der Waals surface area contributed by atoms with Crippen molar-refractivity contribution in [1.82, 2.24) is 10.2 Å². The Balaban J connectivity index is 1.20. The molecule has 7 heteroatoms. The highest BCUT2D eigenvalue weighted by molar-refractivity contribution is 6.00. The lowest BCUT2D eigenvalue weighted by molar-refractivity contribution is -0.123. The van der Waals surface area contributed by atoms with Crippen molar-refractivity contribution in [3.63, 3.8) is 0 Å². The number of rotatable bonds is 7. The standard InChI is InChI=1S/C28H36N4O3/c1-2-35-26-10-6-5-9-25(26)31-17-19-32(20-18-31)28(34)23-7-3-4-8-24(23)30-15-13-22(14-16-30)29-27(33)21-11-12-21/h3-10,21-22H,2,11-20H2,1H3,(H,29,33). The lowest BCUT2D eigenvalue weighted by Gasteiger charge is -2.38. The molecule has 186 valence electrons. The lowest BCUT2D eigenvalue weighted by atomic mass is 10.0. The highest BCUT2D eigenvalue weighted by atomic mass is 16.5. The predicted octanol–water partition coefficient (Wildman–Crippen LogP) is 3.54. The molecule has 5 rings (SSSR count). The summed E-state index contributed by atoms with van der Waals surface area (Å²) in [6, 6.07) is 16.3. The molecule has 0 aromatic heterocycles. The van der Waals surface area contributed by atoms with Crippen molar-refractivity contribution >= 4 is 23.2 Å². The van der Waals surface area contributed by atoms with Gasteiger partial charge in [0.25, 0.3) is 5.91 Å². The summed E-state index contributed by atoms with van der Waals surface area (Å²) in [6.07, 6.45) is 3.90. The van der Waals surface area contributed by atoms with Gasteiger partial charge >= 0.3 is 0 Å². The number of para-hydroxylation sites is 3. The second kappa shape index (κ2) is 10.6. The van der Waals surface area contributed by atoms with Crippen molar-refractivity contribution in [1.29, 1.82) is 0 Å². The van der Waals surface area contributed by atoms with E-state index in [1.165, 1.54) is 0 Å². The van der Waals surface area contributed by atoms with Gasteiger partial charge in [-0.3, -0.25) is 9.59 Å². The van der Waals surface area contributed by atoms with Gasteiger partial charge in [-0.15, -0.1) is 0 Å². The number of carbonyl (C=O) groups is 2. The van der Waals surface area contributed by atoms with Gasteiger partial charge in [0, 0.05) is 56.9 Å². The summed E-state index contributed by atoms with van der Waals surface area (Å²) in [6.45, 7) is 7.26. The Hall–Kier alpha value is -3.22. The maximum absolute atomic E-state index is 13.6. The molecule has 0 radical (unpaired) electrons. The van der Waals surface area contributed by atoms with Crippen molar-refractivity contribution in [3.05, 3.63) is 54.1 Å².